The summed E-state index contributed by atoms with van der Waals surface area (Å²) >= 11 is 6.63. The summed E-state index contributed by atoms with van der Waals surface area (Å²) in [5, 5.41) is 6.25. The molecule has 124 valence electrons. The Labute approximate surface area is 155 Å². The van der Waals surface area contributed by atoms with Crippen molar-refractivity contribution in [2.45, 2.75) is 0 Å². The third kappa shape index (κ3) is 5.17. The molecule has 24 heavy (non-hydrogen) atoms. The first-order chi connectivity index (χ1) is 11.5. The van der Waals surface area contributed by atoms with Gasteiger partial charge in [-0.15, -0.1) is 0 Å². The molecule has 0 radical (unpaired) electrons. The molecule has 8 heteroatoms. The van der Waals surface area contributed by atoms with Crippen LogP contribution in [-0.2, 0) is 9.59 Å². The molecule has 0 aliphatic heterocycles. The van der Waals surface area contributed by atoms with E-state index in [0.29, 0.717) is 17.0 Å². The van der Waals surface area contributed by atoms with Gasteiger partial charge in [-0.25, -0.2) is 5.43 Å². The fraction of sp³-hybridized carbons (Fsp3) is 0.0625. The zero-order valence-corrected chi connectivity index (χ0v) is 15.7. The molecule has 2 amide bonds. The molecule has 2 aromatic rings. The maximum Gasteiger partial charge on any atom is 0.329 e. The number of methoxy groups -OCH3 is 1. The number of benzene rings is 2. The van der Waals surface area contributed by atoms with Crippen LogP contribution in [0.15, 0.2) is 56.5 Å². The lowest BCUT2D eigenvalue weighted by molar-refractivity contribution is -0.136. The van der Waals surface area contributed by atoms with Crippen molar-refractivity contribution in [2.24, 2.45) is 5.10 Å². The van der Waals surface area contributed by atoms with Crippen LogP contribution in [0, 0.1) is 0 Å². The van der Waals surface area contributed by atoms with Gasteiger partial charge in [0.25, 0.3) is 0 Å². The normalized spacial score (nSPS) is 10.5. The third-order valence-corrected chi connectivity index (χ3v) is 3.89. The standard InChI is InChI=1S/C16H13Br2N3O3/c1-24-14-7-4-12(18)8-10(14)9-19-21-16(23)15(22)20-13-5-2-11(17)3-6-13/h2-9H,1H3,(H,20,22)(H,21,23)/b19-9-. The predicted octanol–water partition coefficient (Wildman–Crippen LogP) is 3.31. The second-order valence-corrected chi connectivity index (χ2v) is 6.38. The van der Waals surface area contributed by atoms with Crippen molar-refractivity contribution in [3.63, 3.8) is 0 Å². The minimum atomic E-state index is -0.872. The van der Waals surface area contributed by atoms with Crippen LogP contribution >= 0.6 is 31.9 Å². The summed E-state index contributed by atoms with van der Waals surface area (Å²) in [6.07, 6.45) is 1.40. The highest BCUT2D eigenvalue weighted by Gasteiger charge is 2.12. The monoisotopic (exact) mass is 453 g/mol. The number of amides is 2. The Kier molecular flexibility index (Phi) is 6.51. The van der Waals surface area contributed by atoms with E-state index in [2.05, 4.69) is 47.7 Å². The number of hydrazone groups is 1. The molecule has 0 saturated carbocycles. The van der Waals surface area contributed by atoms with Crippen LogP contribution < -0.4 is 15.5 Å². The van der Waals surface area contributed by atoms with Crippen LogP contribution in [0.25, 0.3) is 0 Å². The molecule has 0 atom stereocenters. The van der Waals surface area contributed by atoms with Crippen LogP contribution in [0.1, 0.15) is 5.56 Å². The number of hydrogen-bond donors (Lipinski definition) is 2. The Hall–Kier alpha value is -2.19. The van der Waals surface area contributed by atoms with E-state index in [4.69, 9.17) is 4.74 Å². The van der Waals surface area contributed by atoms with Crippen LogP contribution in [0.4, 0.5) is 5.69 Å². The molecule has 0 aromatic heterocycles. The second kappa shape index (κ2) is 8.60. The Balaban J connectivity index is 1.96. The number of rotatable bonds is 4. The average Bonchev–Trinajstić information content (AvgIpc) is 2.57. The lowest BCUT2D eigenvalue weighted by Gasteiger charge is -2.05. The number of ether oxygens (including phenoxy) is 1. The summed E-state index contributed by atoms with van der Waals surface area (Å²) in [5.41, 5.74) is 3.34. The molecule has 2 N–H and O–H groups in total. The van der Waals surface area contributed by atoms with Crippen LogP contribution in [-0.4, -0.2) is 25.1 Å². The second-order valence-electron chi connectivity index (χ2n) is 4.55. The molecular formula is C16H13Br2N3O3. The van der Waals surface area contributed by atoms with Gasteiger partial charge in [0.15, 0.2) is 0 Å². The minimum Gasteiger partial charge on any atom is -0.496 e. The molecule has 0 bridgehead atoms. The van der Waals surface area contributed by atoms with Gasteiger partial charge in [-0.05, 0) is 42.5 Å². The Morgan fingerprint density at radius 2 is 1.71 bits per heavy atom. The van der Waals surface area contributed by atoms with E-state index >= 15 is 0 Å². The van der Waals surface area contributed by atoms with Crippen molar-refractivity contribution in [2.75, 3.05) is 12.4 Å². The summed E-state index contributed by atoms with van der Waals surface area (Å²) in [5.74, 6) is -1.09. The molecule has 0 spiro atoms. The molecule has 0 aliphatic rings. The number of nitrogens with one attached hydrogen (secondary N) is 2. The van der Waals surface area contributed by atoms with E-state index < -0.39 is 11.8 Å². The van der Waals surface area contributed by atoms with Crippen molar-refractivity contribution in [3.05, 3.63) is 57.0 Å². The Morgan fingerprint density at radius 1 is 1.04 bits per heavy atom. The highest BCUT2D eigenvalue weighted by atomic mass is 79.9. The van der Waals surface area contributed by atoms with E-state index in [1.807, 2.05) is 6.07 Å². The fourth-order valence-electron chi connectivity index (χ4n) is 1.74. The van der Waals surface area contributed by atoms with Crippen molar-refractivity contribution in [1.82, 2.24) is 5.43 Å². The number of carbonyl (C=O) groups excluding carboxylic acids is 2. The average molecular weight is 455 g/mol. The maximum absolute atomic E-state index is 11.8. The Bertz CT molecular complexity index is 777. The van der Waals surface area contributed by atoms with Crippen LogP contribution in [0.3, 0.4) is 0 Å². The number of halogens is 2. The quantitative estimate of drug-likeness (QED) is 0.422. The van der Waals surface area contributed by atoms with Crippen LogP contribution in [0.2, 0.25) is 0 Å². The van der Waals surface area contributed by atoms with Gasteiger partial charge in [-0.2, -0.15) is 5.10 Å². The van der Waals surface area contributed by atoms with Gasteiger partial charge in [-0.1, -0.05) is 31.9 Å². The van der Waals surface area contributed by atoms with Gasteiger partial charge in [0.05, 0.1) is 13.3 Å². The molecular weight excluding hydrogens is 442 g/mol. The van der Waals surface area contributed by atoms with Gasteiger partial charge in [0.2, 0.25) is 0 Å². The zero-order chi connectivity index (χ0) is 17.5. The minimum absolute atomic E-state index is 0.510. The SMILES string of the molecule is COc1ccc(Br)cc1/C=N\NC(=O)C(=O)Nc1ccc(Br)cc1. The molecule has 0 fully saturated rings. The summed E-state index contributed by atoms with van der Waals surface area (Å²) in [6, 6.07) is 12.2. The zero-order valence-electron chi connectivity index (χ0n) is 12.5. The van der Waals surface area contributed by atoms with E-state index in [0.717, 1.165) is 8.95 Å². The third-order valence-electron chi connectivity index (χ3n) is 2.87. The fourth-order valence-corrected chi connectivity index (χ4v) is 2.38. The van der Waals surface area contributed by atoms with Crippen molar-refractivity contribution in [1.29, 1.82) is 0 Å². The molecule has 0 saturated heterocycles. The topological polar surface area (TPSA) is 79.8 Å². The lowest BCUT2D eigenvalue weighted by atomic mass is 10.2. The molecule has 0 heterocycles. The van der Waals surface area contributed by atoms with Crippen molar-refractivity contribution >= 4 is 55.6 Å². The molecule has 0 aliphatic carbocycles. The summed E-state index contributed by atoms with van der Waals surface area (Å²) in [7, 11) is 1.53. The maximum atomic E-state index is 11.8. The molecule has 6 nitrogen and oxygen atoms in total. The largest absolute Gasteiger partial charge is 0.496 e. The molecule has 0 unspecified atom stereocenters. The molecule has 2 rings (SSSR count). The molecule has 2 aromatic carbocycles. The van der Waals surface area contributed by atoms with Gasteiger partial charge < -0.3 is 10.1 Å². The lowest BCUT2D eigenvalue weighted by Crippen LogP contribution is -2.32. The number of anilines is 1. The van der Waals surface area contributed by atoms with Crippen molar-refractivity contribution < 1.29 is 14.3 Å². The van der Waals surface area contributed by atoms with Gasteiger partial charge in [0, 0.05) is 20.2 Å². The van der Waals surface area contributed by atoms with Crippen LogP contribution in [0.5, 0.6) is 5.75 Å². The number of nitrogens with zero attached hydrogens (tertiary/aromatic N) is 1. The van der Waals surface area contributed by atoms with E-state index in [1.165, 1.54) is 13.3 Å². The first-order valence-corrected chi connectivity index (χ1v) is 8.31. The van der Waals surface area contributed by atoms with Gasteiger partial charge >= 0.3 is 11.8 Å². The highest BCUT2D eigenvalue weighted by Crippen LogP contribution is 2.21. The Morgan fingerprint density at radius 3 is 2.38 bits per heavy atom. The predicted molar refractivity (Wildman–Crippen MR) is 99.2 cm³/mol. The van der Waals surface area contributed by atoms with Gasteiger partial charge in [-0.3, -0.25) is 9.59 Å². The van der Waals surface area contributed by atoms with E-state index in [1.54, 1.807) is 36.4 Å². The summed E-state index contributed by atoms with van der Waals surface area (Å²) < 4.78 is 6.90. The summed E-state index contributed by atoms with van der Waals surface area (Å²) in [6.45, 7) is 0. The first kappa shape index (κ1) is 18.2. The number of hydrogen-bond acceptors (Lipinski definition) is 4. The van der Waals surface area contributed by atoms with E-state index in [-0.39, 0.29) is 0 Å². The highest BCUT2D eigenvalue weighted by molar-refractivity contribution is 9.10. The first-order valence-electron chi connectivity index (χ1n) is 6.73. The smallest absolute Gasteiger partial charge is 0.329 e. The van der Waals surface area contributed by atoms with E-state index in [9.17, 15) is 9.59 Å². The van der Waals surface area contributed by atoms with Crippen molar-refractivity contribution in [3.8, 4) is 5.75 Å². The summed E-state index contributed by atoms with van der Waals surface area (Å²) in [4.78, 5) is 23.5. The number of carbonyl (C=O) groups is 2. The van der Waals surface area contributed by atoms with Gasteiger partial charge in [0.1, 0.15) is 5.75 Å².